The van der Waals surface area contributed by atoms with Crippen molar-refractivity contribution in [2.75, 3.05) is 17.6 Å². The van der Waals surface area contributed by atoms with E-state index < -0.39 is 23.4 Å². The predicted octanol–water partition coefficient (Wildman–Crippen LogP) is 2.74. The normalized spacial score (nSPS) is 10.8. The fourth-order valence-corrected chi connectivity index (χ4v) is 2.92. The lowest BCUT2D eigenvalue weighted by Crippen LogP contribution is -2.33. The lowest BCUT2D eigenvalue weighted by atomic mass is 10.3. The summed E-state index contributed by atoms with van der Waals surface area (Å²) in [6.07, 6.45) is 1.47. The third kappa shape index (κ3) is 5.14. The van der Waals surface area contributed by atoms with E-state index in [1.165, 1.54) is 12.3 Å². The highest BCUT2D eigenvalue weighted by atomic mass is 35.5. The molecule has 3 aromatic rings. The molecule has 11 heteroatoms. The summed E-state index contributed by atoms with van der Waals surface area (Å²) in [6.45, 7) is -0.310. The quantitative estimate of drug-likeness (QED) is 0.541. The maximum absolute atomic E-state index is 13.1. The fourth-order valence-electron chi connectivity index (χ4n) is 2.06. The van der Waals surface area contributed by atoms with E-state index in [0.717, 1.165) is 23.9 Å². The van der Waals surface area contributed by atoms with Crippen LogP contribution in [-0.2, 0) is 9.59 Å². The van der Waals surface area contributed by atoms with Gasteiger partial charge in [0, 0.05) is 18.0 Å². The Hall–Kier alpha value is -2.72. The summed E-state index contributed by atoms with van der Waals surface area (Å²) in [6, 6.07) is 4.64. The van der Waals surface area contributed by atoms with Crippen molar-refractivity contribution in [3.05, 3.63) is 47.1 Å². The second-order valence-corrected chi connectivity index (χ2v) is 6.71. The third-order valence-electron chi connectivity index (χ3n) is 3.27. The molecule has 3 rings (SSSR count). The first-order valence-corrected chi connectivity index (χ1v) is 8.93. The Kier molecular flexibility index (Phi) is 5.87. The van der Waals surface area contributed by atoms with Crippen LogP contribution in [-0.4, -0.2) is 39.1 Å². The predicted molar refractivity (Wildman–Crippen MR) is 97.6 cm³/mol. The van der Waals surface area contributed by atoms with Crippen LogP contribution in [0.5, 0.6) is 0 Å². The van der Waals surface area contributed by atoms with Crippen molar-refractivity contribution in [3.63, 3.8) is 0 Å². The van der Waals surface area contributed by atoms with Crippen LogP contribution in [0.4, 0.5) is 14.5 Å². The molecule has 0 radical (unpaired) electrons. The molecule has 2 heterocycles. The molecule has 3 N–H and O–H groups in total. The highest BCUT2D eigenvalue weighted by Crippen LogP contribution is 2.20. The van der Waals surface area contributed by atoms with Crippen LogP contribution in [0.2, 0.25) is 5.02 Å². The van der Waals surface area contributed by atoms with Crippen LogP contribution in [0.25, 0.3) is 11.2 Å². The second kappa shape index (κ2) is 8.31. The van der Waals surface area contributed by atoms with Crippen molar-refractivity contribution in [1.82, 2.24) is 20.3 Å². The highest BCUT2D eigenvalue weighted by molar-refractivity contribution is 7.99. The molecule has 140 valence electrons. The monoisotopic (exact) mass is 411 g/mol. The average Bonchev–Trinajstić information content (AvgIpc) is 3.03. The van der Waals surface area contributed by atoms with E-state index in [-0.39, 0.29) is 18.0 Å². The number of halogens is 3. The Morgan fingerprint density at radius 1 is 1.19 bits per heavy atom. The van der Waals surface area contributed by atoms with Crippen LogP contribution in [0.15, 0.2) is 35.6 Å². The Balaban J connectivity index is 1.45. The summed E-state index contributed by atoms with van der Waals surface area (Å²) in [5, 5.41) is 5.73. The summed E-state index contributed by atoms with van der Waals surface area (Å²) >= 11 is 6.98. The lowest BCUT2D eigenvalue weighted by Gasteiger charge is -2.07. The number of hydrogen-bond acceptors (Lipinski definition) is 5. The smallest absolute Gasteiger partial charge is 0.243 e. The number of pyridine rings is 1. The molecule has 0 aliphatic rings. The number of benzene rings is 1. The second-order valence-electron chi connectivity index (χ2n) is 5.31. The molecule has 1 aromatic carbocycles. The number of H-pyrrole nitrogens is 1. The number of nitrogens with zero attached hydrogens (tertiary/aromatic N) is 2. The molecule has 0 spiro atoms. The van der Waals surface area contributed by atoms with Crippen LogP contribution >= 0.6 is 23.4 Å². The number of imidazole rings is 1. The minimum absolute atomic E-state index is 0.0199. The SMILES string of the molecule is O=C(CSc1nc2ncc(Cl)cc2[nH]1)NCC(=O)Nc1ccc(F)c(F)c1. The Morgan fingerprint density at radius 3 is 2.78 bits per heavy atom. The number of nitrogens with one attached hydrogen (secondary N) is 3. The number of carbonyl (C=O) groups excluding carboxylic acids is 2. The highest BCUT2D eigenvalue weighted by Gasteiger charge is 2.10. The van der Waals surface area contributed by atoms with E-state index in [1.54, 1.807) is 6.07 Å². The van der Waals surface area contributed by atoms with E-state index in [9.17, 15) is 18.4 Å². The van der Waals surface area contributed by atoms with Crippen LogP contribution in [0, 0.1) is 11.6 Å². The van der Waals surface area contributed by atoms with Gasteiger partial charge in [0.15, 0.2) is 22.4 Å². The Labute approximate surface area is 160 Å². The van der Waals surface area contributed by atoms with Crippen molar-refractivity contribution in [2.45, 2.75) is 5.16 Å². The summed E-state index contributed by atoms with van der Waals surface area (Å²) in [4.78, 5) is 34.8. The first-order valence-electron chi connectivity index (χ1n) is 7.56. The first-order chi connectivity index (χ1) is 12.9. The number of hydrogen-bond donors (Lipinski definition) is 3. The fraction of sp³-hybridized carbons (Fsp3) is 0.125. The summed E-state index contributed by atoms with van der Waals surface area (Å²) in [7, 11) is 0. The van der Waals surface area contributed by atoms with Crippen molar-refractivity contribution in [1.29, 1.82) is 0 Å². The molecule has 2 aromatic heterocycles. The molecule has 27 heavy (non-hydrogen) atoms. The number of amides is 2. The summed E-state index contributed by atoms with van der Waals surface area (Å²) < 4.78 is 25.9. The molecule has 0 bridgehead atoms. The maximum Gasteiger partial charge on any atom is 0.243 e. The van der Waals surface area contributed by atoms with E-state index in [2.05, 4.69) is 25.6 Å². The number of rotatable bonds is 6. The molecule has 0 unspecified atom stereocenters. The number of fused-ring (bicyclic) bond motifs is 1. The summed E-state index contributed by atoms with van der Waals surface area (Å²) in [5.41, 5.74) is 1.22. The maximum atomic E-state index is 13.1. The molecule has 2 amide bonds. The minimum Gasteiger partial charge on any atom is -0.346 e. The average molecular weight is 412 g/mol. The van der Waals surface area contributed by atoms with Crippen molar-refractivity contribution >= 4 is 52.0 Å². The third-order valence-corrected chi connectivity index (χ3v) is 4.35. The standard InChI is InChI=1S/C16H12ClF2N5O2S/c17-8-3-12-15(21-5-8)24-16(23-12)27-7-14(26)20-6-13(25)22-9-1-2-10(18)11(19)4-9/h1-5H,6-7H2,(H,20,26)(H,22,25)(H,21,23,24). The zero-order valence-corrected chi connectivity index (χ0v) is 15.1. The molecular weight excluding hydrogens is 400 g/mol. The van der Waals surface area contributed by atoms with Gasteiger partial charge in [-0.2, -0.15) is 0 Å². The zero-order chi connectivity index (χ0) is 19.4. The van der Waals surface area contributed by atoms with Gasteiger partial charge in [-0.25, -0.2) is 18.7 Å². The van der Waals surface area contributed by atoms with Gasteiger partial charge in [-0.1, -0.05) is 23.4 Å². The van der Waals surface area contributed by atoms with Crippen LogP contribution in [0.3, 0.4) is 0 Å². The molecule has 0 aliphatic carbocycles. The van der Waals surface area contributed by atoms with Gasteiger partial charge in [0.05, 0.1) is 22.8 Å². The molecule has 0 saturated heterocycles. The molecule has 0 saturated carbocycles. The Bertz CT molecular complexity index is 1010. The molecule has 0 atom stereocenters. The van der Waals surface area contributed by atoms with Crippen molar-refractivity contribution in [3.8, 4) is 0 Å². The molecule has 0 fully saturated rings. The molecular formula is C16H12ClF2N5O2S. The lowest BCUT2D eigenvalue weighted by molar-refractivity contribution is -0.122. The summed E-state index contributed by atoms with van der Waals surface area (Å²) in [5.74, 6) is -3.03. The number of aromatic nitrogens is 3. The Morgan fingerprint density at radius 2 is 2.00 bits per heavy atom. The van der Waals surface area contributed by atoms with E-state index >= 15 is 0 Å². The van der Waals surface area contributed by atoms with Gasteiger partial charge in [0.25, 0.3) is 0 Å². The van der Waals surface area contributed by atoms with E-state index in [1.807, 2.05) is 0 Å². The van der Waals surface area contributed by atoms with Gasteiger partial charge < -0.3 is 15.6 Å². The van der Waals surface area contributed by atoms with E-state index in [4.69, 9.17) is 11.6 Å². The van der Waals surface area contributed by atoms with Gasteiger partial charge in [-0.05, 0) is 18.2 Å². The van der Waals surface area contributed by atoms with Gasteiger partial charge in [0.2, 0.25) is 11.8 Å². The first kappa shape index (κ1) is 19.1. The molecule has 7 nitrogen and oxygen atoms in total. The number of anilines is 1. The number of aromatic amines is 1. The van der Waals surface area contributed by atoms with Crippen LogP contribution in [0.1, 0.15) is 0 Å². The van der Waals surface area contributed by atoms with Gasteiger partial charge in [-0.3, -0.25) is 9.59 Å². The topological polar surface area (TPSA) is 99.8 Å². The van der Waals surface area contributed by atoms with E-state index in [0.29, 0.717) is 21.3 Å². The molecule has 0 aliphatic heterocycles. The van der Waals surface area contributed by atoms with Gasteiger partial charge in [-0.15, -0.1) is 0 Å². The van der Waals surface area contributed by atoms with Gasteiger partial charge in [0.1, 0.15) is 0 Å². The van der Waals surface area contributed by atoms with Crippen molar-refractivity contribution < 1.29 is 18.4 Å². The number of carbonyl (C=O) groups is 2. The van der Waals surface area contributed by atoms with Crippen molar-refractivity contribution in [2.24, 2.45) is 0 Å². The zero-order valence-electron chi connectivity index (χ0n) is 13.6. The van der Waals surface area contributed by atoms with Gasteiger partial charge >= 0.3 is 0 Å². The number of thioether (sulfide) groups is 1. The minimum atomic E-state index is -1.07. The van der Waals surface area contributed by atoms with Crippen LogP contribution < -0.4 is 10.6 Å². The largest absolute Gasteiger partial charge is 0.346 e.